The van der Waals surface area contributed by atoms with Gasteiger partial charge in [-0.15, -0.1) is 0 Å². The number of para-hydroxylation sites is 1. The van der Waals surface area contributed by atoms with Gasteiger partial charge in [-0.2, -0.15) is 0 Å². The van der Waals surface area contributed by atoms with Gasteiger partial charge in [0.25, 0.3) is 5.91 Å². The standard InChI is InChI=1S/C21H25NO2/c1-14-7-6-8-15(2)20(14)22-21(23)16(3)24-19-12-11-17-9-4-5-10-18(17)13-19/h6-8,11-13,16H,4-5,9-10H2,1-3H3,(H,22,23)/t16-/m1/s1. The smallest absolute Gasteiger partial charge is 0.265 e. The lowest BCUT2D eigenvalue weighted by atomic mass is 9.92. The Balaban J connectivity index is 1.68. The van der Waals surface area contributed by atoms with Crippen LogP contribution in [0.3, 0.4) is 0 Å². The zero-order valence-electron chi connectivity index (χ0n) is 14.7. The molecule has 0 heterocycles. The lowest BCUT2D eigenvalue weighted by molar-refractivity contribution is -0.122. The number of carbonyl (C=O) groups is 1. The van der Waals surface area contributed by atoms with Crippen LogP contribution in [0.15, 0.2) is 36.4 Å². The van der Waals surface area contributed by atoms with Crippen LogP contribution in [0, 0.1) is 13.8 Å². The Morgan fingerprint density at radius 3 is 2.42 bits per heavy atom. The Bertz CT molecular complexity index is 731. The molecule has 0 spiro atoms. The van der Waals surface area contributed by atoms with Crippen LogP contribution in [0.25, 0.3) is 0 Å². The number of hydrogen-bond acceptors (Lipinski definition) is 2. The van der Waals surface area contributed by atoms with E-state index in [2.05, 4.69) is 17.4 Å². The van der Waals surface area contributed by atoms with Crippen LogP contribution in [0.1, 0.15) is 42.0 Å². The molecule has 0 unspecified atom stereocenters. The molecule has 0 aliphatic heterocycles. The number of hydrogen-bond donors (Lipinski definition) is 1. The molecule has 1 aliphatic carbocycles. The first-order valence-electron chi connectivity index (χ1n) is 8.70. The number of anilines is 1. The molecule has 3 nitrogen and oxygen atoms in total. The molecular formula is C21H25NO2. The predicted octanol–water partition coefficient (Wildman–Crippen LogP) is 4.59. The van der Waals surface area contributed by atoms with Crippen molar-refractivity contribution in [1.82, 2.24) is 0 Å². The molecule has 0 fully saturated rings. The van der Waals surface area contributed by atoms with Crippen molar-refractivity contribution in [3.8, 4) is 5.75 Å². The van der Waals surface area contributed by atoms with Crippen LogP contribution in [-0.4, -0.2) is 12.0 Å². The third kappa shape index (κ3) is 3.61. The number of aryl methyl sites for hydroxylation is 4. The Morgan fingerprint density at radius 1 is 1.04 bits per heavy atom. The maximum absolute atomic E-state index is 12.5. The number of rotatable bonds is 4. The fourth-order valence-electron chi connectivity index (χ4n) is 3.28. The van der Waals surface area contributed by atoms with E-state index in [0.29, 0.717) is 0 Å². The van der Waals surface area contributed by atoms with E-state index in [1.54, 1.807) is 6.92 Å². The average molecular weight is 323 g/mol. The van der Waals surface area contributed by atoms with Crippen molar-refractivity contribution >= 4 is 11.6 Å². The summed E-state index contributed by atoms with van der Waals surface area (Å²) in [5.41, 5.74) is 5.78. The summed E-state index contributed by atoms with van der Waals surface area (Å²) in [5, 5.41) is 3.00. The van der Waals surface area contributed by atoms with Crippen LogP contribution in [0.5, 0.6) is 5.75 Å². The lowest BCUT2D eigenvalue weighted by Gasteiger charge is -2.20. The van der Waals surface area contributed by atoms with E-state index < -0.39 is 6.10 Å². The van der Waals surface area contributed by atoms with E-state index in [-0.39, 0.29) is 5.91 Å². The fourth-order valence-corrected chi connectivity index (χ4v) is 3.28. The SMILES string of the molecule is Cc1cccc(C)c1NC(=O)[C@@H](C)Oc1ccc2c(c1)CCCC2. The van der Waals surface area contributed by atoms with Gasteiger partial charge >= 0.3 is 0 Å². The Kier molecular flexibility index (Phi) is 4.89. The largest absolute Gasteiger partial charge is 0.481 e. The van der Waals surface area contributed by atoms with Crippen LogP contribution in [0.2, 0.25) is 0 Å². The normalized spacial score (nSPS) is 14.6. The highest BCUT2D eigenvalue weighted by atomic mass is 16.5. The van der Waals surface area contributed by atoms with Gasteiger partial charge < -0.3 is 10.1 Å². The van der Waals surface area contributed by atoms with Crippen LogP contribution >= 0.6 is 0 Å². The minimum atomic E-state index is -0.536. The molecule has 0 saturated heterocycles. The Hall–Kier alpha value is -2.29. The molecule has 1 amide bonds. The number of benzene rings is 2. The number of nitrogens with one attached hydrogen (secondary N) is 1. The van der Waals surface area contributed by atoms with Gasteiger partial charge in [-0.05, 0) is 80.8 Å². The molecule has 3 heteroatoms. The van der Waals surface area contributed by atoms with Crippen molar-refractivity contribution in [1.29, 1.82) is 0 Å². The van der Waals surface area contributed by atoms with Crippen molar-refractivity contribution in [2.75, 3.05) is 5.32 Å². The van der Waals surface area contributed by atoms with Crippen LogP contribution in [0.4, 0.5) is 5.69 Å². The molecule has 0 aromatic heterocycles. The van der Waals surface area contributed by atoms with Gasteiger partial charge in [0.1, 0.15) is 5.75 Å². The van der Waals surface area contributed by atoms with E-state index in [4.69, 9.17) is 4.74 Å². The maximum Gasteiger partial charge on any atom is 0.265 e. The molecular weight excluding hydrogens is 298 g/mol. The second-order valence-electron chi connectivity index (χ2n) is 6.65. The maximum atomic E-state index is 12.5. The summed E-state index contributed by atoms with van der Waals surface area (Å²) in [6.07, 6.45) is 4.22. The number of carbonyl (C=O) groups excluding carboxylic acids is 1. The summed E-state index contributed by atoms with van der Waals surface area (Å²) in [5.74, 6) is 0.657. The number of amides is 1. The topological polar surface area (TPSA) is 38.3 Å². The first-order chi connectivity index (χ1) is 11.5. The number of fused-ring (bicyclic) bond motifs is 1. The third-order valence-electron chi connectivity index (χ3n) is 4.73. The second kappa shape index (κ2) is 7.08. The quantitative estimate of drug-likeness (QED) is 0.894. The van der Waals surface area contributed by atoms with Gasteiger partial charge in [-0.25, -0.2) is 0 Å². The molecule has 24 heavy (non-hydrogen) atoms. The summed E-state index contributed by atoms with van der Waals surface area (Å²) in [7, 11) is 0. The minimum Gasteiger partial charge on any atom is -0.481 e. The van der Waals surface area contributed by atoms with E-state index in [9.17, 15) is 4.79 Å². The molecule has 1 atom stereocenters. The Morgan fingerprint density at radius 2 is 1.71 bits per heavy atom. The zero-order chi connectivity index (χ0) is 17.1. The van der Waals surface area contributed by atoms with E-state index >= 15 is 0 Å². The van der Waals surface area contributed by atoms with Gasteiger partial charge in [0.15, 0.2) is 6.10 Å². The molecule has 1 N–H and O–H groups in total. The van der Waals surface area contributed by atoms with Crippen LogP contribution in [-0.2, 0) is 17.6 Å². The van der Waals surface area contributed by atoms with Crippen molar-refractivity contribution < 1.29 is 9.53 Å². The molecule has 2 aromatic rings. The number of ether oxygens (including phenoxy) is 1. The first-order valence-corrected chi connectivity index (χ1v) is 8.70. The predicted molar refractivity (Wildman–Crippen MR) is 97.7 cm³/mol. The third-order valence-corrected chi connectivity index (χ3v) is 4.73. The van der Waals surface area contributed by atoms with Gasteiger partial charge in [-0.1, -0.05) is 24.3 Å². The van der Waals surface area contributed by atoms with Gasteiger partial charge in [0.2, 0.25) is 0 Å². The molecule has 126 valence electrons. The molecule has 0 radical (unpaired) electrons. The zero-order valence-corrected chi connectivity index (χ0v) is 14.7. The summed E-state index contributed by atoms with van der Waals surface area (Å²) >= 11 is 0. The average Bonchev–Trinajstić information content (AvgIpc) is 2.58. The molecule has 1 aliphatic rings. The fraction of sp³-hybridized carbons (Fsp3) is 0.381. The monoisotopic (exact) mass is 323 g/mol. The van der Waals surface area contributed by atoms with Crippen LogP contribution < -0.4 is 10.1 Å². The van der Waals surface area contributed by atoms with Gasteiger partial charge in [-0.3, -0.25) is 4.79 Å². The summed E-state index contributed by atoms with van der Waals surface area (Å²) in [6, 6.07) is 12.2. The van der Waals surface area contributed by atoms with Crippen molar-refractivity contribution in [3.63, 3.8) is 0 Å². The highest BCUT2D eigenvalue weighted by Gasteiger charge is 2.18. The minimum absolute atomic E-state index is 0.120. The molecule has 3 rings (SSSR count). The molecule has 2 aromatic carbocycles. The Labute approximate surface area is 144 Å². The van der Waals surface area contributed by atoms with E-state index in [1.807, 2.05) is 38.1 Å². The summed E-state index contributed by atoms with van der Waals surface area (Å²) in [6.45, 7) is 5.79. The lowest BCUT2D eigenvalue weighted by Crippen LogP contribution is -2.30. The van der Waals surface area contributed by atoms with Gasteiger partial charge in [0, 0.05) is 5.69 Å². The summed E-state index contributed by atoms with van der Waals surface area (Å²) < 4.78 is 5.88. The van der Waals surface area contributed by atoms with E-state index in [0.717, 1.165) is 35.4 Å². The molecule has 0 saturated carbocycles. The van der Waals surface area contributed by atoms with Crippen molar-refractivity contribution in [3.05, 3.63) is 58.7 Å². The van der Waals surface area contributed by atoms with Gasteiger partial charge in [0.05, 0.1) is 0 Å². The van der Waals surface area contributed by atoms with Crippen molar-refractivity contribution in [2.24, 2.45) is 0 Å². The van der Waals surface area contributed by atoms with Crippen molar-refractivity contribution in [2.45, 2.75) is 52.6 Å². The highest BCUT2D eigenvalue weighted by molar-refractivity contribution is 5.95. The second-order valence-corrected chi connectivity index (χ2v) is 6.65. The van der Waals surface area contributed by atoms with E-state index in [1.165, 1.54) is 24.0 Å². The summed E-state index contributed by atoms with van der Waals surface area (Å²) in [4.78, 5) is 12.5. The first kappa shape index (κ1) is 16.6. The highest BCUT2D eigenvalue weighted by Crippen LogP contribution is 2.26. The molecule has 0 bridgehead atoms.